The van der Waals surface area contributed by atoms with E-state index in [9.17, 15) is 9.59 Å². The number of ether oxygens (including phenoxy) is 1. The number of carbonyl (C=O) groups excluding carboxylic acids is 2. The molecule has 88 valence electrons. The van der Waals surface area contributed by atoms with E-state index in [1.165, 1.54) is 11.8 Å². The zero-order valence-electron chi connectivity index (χ0n) is 8.90. The number of hydrogen-bond acceptors (Lipinski definition) is 6. The Bertz CT molecular complexity index is 429. The summed E-state index contributed by atoms with van der Waals surface area (Å²) < 4.78 is 5.46. The van der Waals surface area contributed by atoms with E-state index >= 15 is 0 Å². The molecule has 1 rings (SSSR count). The van der Waals surface area contributed by atoms with Gasteiger partial charge in [-0.1, -0.05) is 0 Å². The molecule has 1 aromatic rings. The van der Waals surface area contributed by atoms with E-state index in [0.717, 1.165) is 11.3 Å². The molecule has 7 heteroatoms. The first kappa shape index (κ1) is 12.9. The molecule has 0 radical (unpaired) electrons. The van der Waals surface area contributed by atoms with Gasteiger partial charge in [-0.3, -0.25) is 4.79 Å². The van der Waals surface area contributed by atoms with Crippen molar-refractivity contribution in [3.05, 3.63) is 10.4 Å². The maximum Gasteiger partial charge on any atom is 0.350 e. The van der Waals surface area contributed by atoms with Crippen molar-refractivity contribution in [2.24, 2.45) is 5.73 Å². The quantitative estimate of drug-likeness (QED) is 0.629. The molecule has 0 saturated heterocycles. The van der Waals surface area contributed by atoms with Crippen molar-refractivity contribution in [2.45, 2.75) is 11.1 Å². The number of thiophene rings is 1. The lowest BCUT2D eigenvalue weighted by Crippen LogP contribution is -2.14. The van der Waals surface area contributed by atoms with E-state index in [1.54, 1.807) is 13.2 Å². The SMILES string of the molecule is CCOC(=O)c1sc(SC)c(C(N)=O)c1N. The summed E-state index contributed by atoms with van der Waals surface area (Å²) in [5.74, 6) is -1.15. The first-order valence-electron chi connectivity index (χ1n) is 4.46. The molecule has 0 spiro atoms. The molecule has 0 unspecified atom stereocenters. The zero-order valence-corrected chi connectivity index (χ0v) is 10.5. The second-order valence-corrected chi connectivity index (χ2v) is 4.89. The molecule has 0 aromatic carbocycles. The van der Waals surface area contributed by atoms with Gasteiger partial charge in [0.2, 0.25) is 0 Å². The van der Waals surface area contributed by atoms with Crippen LogP contribution in [-0.4, -0.2) is 24.7 Å². The van der Waals surface area contributed by atoms with Crippen molar-refractivity contribution in [3.63, 3.8) is 0 Å². The molecule has 5 nitrogen and oxygen atoms in total. The Balaban J connectivity index is 3.23. The van der Waals surface area contributed by atoms with E-state index < -0.39 is 11.9 Å². The van der Waals surface area contributed by atoms with Crippen LogP contribution in [0, 0.1) is 0 Å². The molecule has 16 heavy (non-hydrogen) atoms. The van der Waals surface area contributed by atoms with Gasteiger partial charge < -0.3 is 16.2 Å². The number of rotatable bonds is 4. The van der Waals surface area contributed by atoms with Gasteiger partial charge in [0.25, 0.3) is 5.91 Å². The predicted molar refractivity (Wildman–Crippen MR) is 65.0 cm³/mol. The monoisotopic (exact) mass is 260 g/mol. The summed E-state index contributed by atoms with van der Waals surface area (Å²) in [5.41, 5.74) is 11.2. The predicted octanol–water partition coefficient (Wildman–Crippen LogP) is 1.33. The van der Waals surface area contributed by atoms with Gasteiger partial charge in [-0.25, -0.2) is 4.79 Å². The zero-order chi connectivity index (χ0) is 12.3. The van der Waals surface area contributed by atoms with Crippen LogP contribution < -0.4 is 11.5 Å². The molecular weight excluding hydrogens is 248 g/mol. The fourth-order valence-corrected chi connectivity index (χ4v) is 3.00. The average Bonchev–Trinajstić information content (AvgIpc) is 2.55. The maximum atomic E-state index is 11.5. The van der Waals surface area contributed by atoms with Gasteiger partial charge >= 0.3 is 5.97 Å². The molecule has 0 aliphatic rings. The lowest BCUT2D eigenvalue weighted by Gasteiger charge is -2.00. The third-order valence-electron chi connectivity index (χ3n) is 1.81. The Hall–Kier alpha value is -1.21. The van der Waals surface area contributed by atoms with E-state index in [2.05, 4.69) is 0 Å². The molecular formula is C9H12N2O3S2. The number of amides is 1. The Morgan fingerprint density at radius 1 is 1.50 bits per heavy atom. The fourth-order valence-electron chi connectivity index (χ4n) is 1.15. The number of esters is 1. The molecule has 1 aromatic heterocycles. The molecule has 0 aliphatic heterocycles. The van der Waals surface area contributed by atoms with Gasteiger partial charge in [-0.15, -0.1) is 23.1 Å². The minimum absolute atomic E-state index is 0.111. The molecule has 0 fully saturated rings. The Morgan fingerprint density at radius 3 is 2.50 bits per heavy atom. The van der Waals surface area contributed by atoms with Crippen LogP contribution in [0.5, 0.6) is 0 Å². The highest BCUT2D eigenvalue weighted by atomic mass is 32.2. The number of carbonyl (C=O) groups is 2. The number of nitrogens with two attached hydrogens (primary N) is 2. The Labute approximate surface area is 101 Å². The van der Waals surface area contributed by atoms with Crippen molar-refractivity contribution in [1.82, 2.24) is 0 Å². The third kappa shape index (κ3) is 2.30. The second kappa shape index (κ2) is 5.22. The van der Waals surface area contributed by atoms with Crippen LogP contribution in [0.25, 0.3) is 0 Å². The van der Waals surface area contributed by atoms with Crippen LogP contribution in [0.3, 0.4) is 0 Å². The van der Waals surface area contributed by atoms with Crippen molar-refractivity contribution < 1.29 is 14.3 Å². The van der Waals surface area contributed by atoms with E-state index in [4.69, 9.17) is 16.2 Å². The number of primary amides is 1. The van der Waals surface area contributed by atoms with Gasteiger partial charge in [0.05, 0.1) is 22.1 Å². The highest BCUT2D eigenvalue weighted by Crippen LogP contribution is 2.37. The van der Waals surface area contributed by atoms with Crippen molar-refractivity contribution in [2.75, 3.05) is 18.6 Å². The summed E-state index contributed by atoms with van der Waals surface area (Å²) in [5, 5.41) is 0. The van der Waals surface area contributed by atoms with Gasteiger partial charge in [0, 0.05) is 0 Å². The Kier molecular flexibility index (Phi) is 4.19. The third-order valence-corrected chi connectivity index (χ3v) is 4.11. The summed E-state index contributed by atoms with van der Waals surface area (Å²) >= 11 is 2.45. The van der Waals surface area contributed by atoms with Gasteiger partial charge in [-0.05, 0) is 13.2 Å². The van der Waals surface area contributed by atoms with Gasteiger partial charge in [-0.2, -0.15) is 0 Å². The molecule has 1 amide bonds. The average molecular weight is 260 g/mol. The molecule has 1 heterocycles. The first-order chi connectivity index (χ1) is 7.52. The molecule has 0 aliphatic carbocycles. The minimum atomic E-state index is -0.631. The van der Waals surface area contributed by atoms with Crippen LogP contribution in [0.2, 0.25) is 0 Å². The molecule has 4 N–H and O–H groups in total. The molecule has 0 atom stereocenters. The summed E-state index contributed by atoms with van der Waals surface area (Å²) in [6.07, 6.45) is 1.78. The number of hydrogen-bond donors (Lipinski definition) is 2. The van der Waals surface area contributed by atoms with Gasteiger partial charge in [0.1, 0.15) is 4.88 Å². The van der Waals surface area contributed by atoms with E-state index in [1.807, 2.05) is 0 Å². The normalized spacial score (nSPS) is 10.1. The topological polar surface area (TPSA) is 95.4 Å². The van der Waals surface area contributed by atoms with Crippen molar-refractivity contribution in [3.8, 4) is 0 Å². The summed E-state index contributed by atoms with van der Waals surface area (Å²) in [4.78, 5) is 22.9. The number of thioether (sulfide) groups is 1. The smallest absolute Gasteiger partial charge is 0.350 e. The highest BCUT2D eigenvalue weighted by molar-refractivity contribution is 8.00. The van der Waals surface area contributed by atoms with Crippen molar-refractivity contribution in [1.29, 1.82) is 0 Å². The number of nitrogen functional groups attached to an aromatic ring is 1. The van der Waals surface area contributed by atoms with Crippen LogP contribution in [-0.2, 0) is 4.74 Å². The first-order valence-corrected chi connectivity index (χ1v) is 6.50. The van der Waals surface area contributed by atoms with Gasteiger partial charge in [0.15, 0.2) is 0 Å². The summed E-state index contributed by atoms with van der Waals surface area (Å²) in [6, 6.07) is 0. The molecule has 0 bridgehead atoms. The van der Waals surface area contributed by atoms with E-state index in [-0.39, 0.29) is 22.7 Å². The highest BCUT2D eigenvalue weighted by Gasteiger charge is 2.24. The van der Waals surface area contributed by atoms with Crippen molar-refractivity contribution >= 4 is 40.7 Å². The van der Waals surface area contributed by atoms with Crippen LogP contribution in [0.4, 0.5) is 5.69 Å². The summed E-state index contributed by atoms with van der Waals surface area (Å²) in [6.45, 7) is 1.96. The van der Waals surface area contributed by atoms with Crippen LogP contribution in [0.1, 0.15) is 27.0 Å². The summed E-state index contributed by atoms with van der Waals surface area (Å²) in [7, 11) is 0. The standard InChI is InChI=1S/C9H12N2O3S2/c1-3-14-8(13)6-5(10)4(7(11)12)9(15-2)16-6/h3,10H2,1-2H3,(H2,11,12). The lowest BCUT2D eigenvalue weighted by atomic mass is 10.2. The minimum Gasteiger partial charge on any atom is -0.462 e. The van der Waals surface area contributed by atoms with Crippen LogP contribution >= 0.6 is 23.1 Å². The second-order valence-electron chi connectivity index (χ2n) is 2.80. The Morgan fingerprint density at radius 2 is 2.12 bits per heavy atom. The fraction of sp³-hybridized carbons (Fsp3) is 0.333. The maximum absolute atomic E-state index is 11.5. The number of anilines is 1. The van der Waals surface area contributed by atoms with Crippen LogP contribution in [0.15, 0.2) is 4.21 Å². The lowest BCUT2D eigenvalue weighted by molar-refractivity contribution is 0.0533. The largest absolute Gasteiger partial charge is 0.462 e. The van der Waals surface area contributed by atoms with E-state index in [0.29, 0.717) is 4.21 Å². The molecule has 0 saturated carbocycles.